The lowest BCUT2D eigenvalue weighted by Crippen LogP contribution is -2.14. The molecule has 0 fully saturated rings. The Hall–Kier alpha value is -3.01. The van der Waals surface area contributed by atoms with E-state index in [2.05, 4.69) is 27.1 Å². The number of aromatic nitrogens is 4. The Labute approximate surface area is 203 Å². The average Bonchev–Trinajstić information content (AvgIpc) is 3.41. The van der Waals surface area contributed by atoms with Crippen LogP contribution in [0.4, 0.5) is 9.52 Å². The topological polar surface area (TPSA) is 72.7 Å². The fourth-order valence-electron chi connectivity index (χ4n) is 3.07. The summed E-state index contributed by atoms with van der Waals surface area (Å²) in [6.45, 7) is 4.28. The molecule has 0 aliphatic heterocycles. The van der Waals surface area contributed by atoms with Gasteiger partial charge in [-0.2, -0.15) is 0 Å². The van der Waals surface area contributed by atoms with Crippen molar-refractivity contribution in [2.45, 2.75) is 18.1 Å². The van der Waals surface area contributed by atoms with Crippen molar-refractivity contribution < 1.29 is 9.18 Å². The Morgan fingerprint density at radius 1 is 1.21 bits per heavy atom. The van der Waals surface area contributed by atoms with Gasteiger partial charge in [0.25, 0.3) is 0 Å². The van der Waals surface area contributed by atoms with E-state index in [1.807, 2.05) is 22.8 Å². The number of carbonyl (C=O) groups is 1. The molecule has 4 rings (SSSR count). The minimum atomic E-state index is -0.267. The number of anilines is 1. The second-order valence-electron chi connectivity index (χ2n) is 6.96. The number of carbonyl (C=O) groups excluding carboxylic acids is 1. The third-order valence-corrected chi connectivity index (χ3v) is 6.78. The third kappa shape index (κ3) is 5.87. The van der Waals surface area contributed by atoms with Crippen LogP contribution in [-0.4, -0.2) is 31.4 Å². The summed E-state index contributed by atoms with van der Waals surface area (Å²) in [6.07, 6.45) is 4.08. The van der Waals surface area contributed by atoms with Crippen LogP contribution in [0.3, 0.4) is 0 Å². The van der Waals surface area contributed by atoms with Crippen LogP contribution in [0.2, 0.25) is 5.02 Å². The molecule has 0 saturated carbocycles. The molecule has 0 bridgehead atoms. The highest BCUT2D eigenvalue weighted by molar-refractivity contribution is 7.99. The smallest absolute Gasteiger partial charge is 0.236 e. The van der Waals surface area contributed by atoms with E-state index in [1.165, 1.54) is 35.2 Å². The second-order valence-corrected chi connectivity index (χ2v) is 9.42. The maximum absolute atomic E-state index is 13.1. The van der Waals surface area contributed by atoms with Crippen LogP contribution < -0.4 is 5.32 Å². The van der Waals surface area contributed by atoms with Gasteiger partial charge in [-0.3, -0.25) is 9.36 Å². The van der Waals surface area contributed by atoms with Crippen molar-refractivity contribution in [1.29, 1.82) is 0 Å². The lowest BCUT2D eigenvalue weighted by Gasteiger charge is -2.08. The average molecular weight is 500 g/mol. The summed E-state index contributed by atoms with van der Waals surface area (Å²) in [5.74, 6) is 0.297. The summed E-state index contributed by atoms with van der Waals surface area (Å²) in [5, 5.41) is 13.0. The lowest BCUT2D eigenvalue weighted by molar-refractivity contribution is -0.113. The fourth-order valence-corrected chi connectivity index (χ4v) is 4.90. The van der Waals surface area contributed by atoms with E-state index in [4.69, 9.17) is 11.6 Å². The van der Waals surface area contributed by atoms with Crippen molar-refractivity contribution in [2.24, 2.45) is 0 Å². The first-order valence-corrected chi connectivity index (χ1v) is 12.1. The molecule has 0 aliphatic carbocycles. The fraction of sp³-hybridized carbons (Fsp3) is 0.130. The maximum atomic E-state index is 13.1. The molecule has 0 aliphatic rings. The number of hydrogen-bond acceptors (Lipinski definition) is 6. The van der Waals surface area contributed by atoms with Crippen LogP contribution in [0.25, 0.3) is 11.4 Å². The number of thioether (sulfide) groups is 1. The molecule has 33 heavy (non-hydrogen) atoms. The molecule has 0 atom stereocenters. The monoisotopic (exact) mass is 499 g/mol. The zero-order chi connectivity index (χ0) is 23.2. The molecule has 2 aromatic heterocycles. The van der Waals surface area contributed by atoms with Gasteiger partial charge in [-0.1, -0.05) is 53.7 Å². The van der Waals surface area contributed by atoms with Gasteiger partial charge in [0, 0.05) is 29.6 Å². The zero-order valence-corrected chi connectivity index (χ0v) is 19.8. The third-order valence-electron chi connectivity index (χ3n) is 4.57. The van der Waals surface area contributed by atoms with Crippen LogP contribution >= 0.6 is 34.7 Å². The SMILES string of the molecule is C=CCn1c(SCC(=O)Nc2ncc(Cc3ccc(F)cc3)s2)nnc1-c1ccccc1Cl. The molecule has 6 nitrogen and oxygen atoms in total. The van der Waals surface area contributed by atoms with E-state index in [0.717, 1.165) is 16.0 Å². The quantitative estimate of drug-likeness (QED) is 0.236. The Bertz CT molecular complexity index is 1270. The number of hydrogen-bond donors (Lipinski definition) is 1. The molecule has 0 spiro atoms. The number of benzene rings is 2. The predicted octanol–water partition coefficient (Wildman–Crippen LogP) is 5.70. The minimum absolute atomic E-state index is 0.144. The predicted molar refractivity (Wildman–Crippen MR) is 131 cm³/mol. The zero-order valence-electron chi connectivity index (χ0n) is 17.4. The van der Waals surface area contributed by atoms with Crippen molar-refractivity contribution in [3.05, 3.63) is 88.7 Å². The highest BCUT2D eigenvalue weighted by atomic mass is 35.5. The van der Waals surface area contributed by atoms with E-state index in [9.17, 15) is 9.18 Å². The molecular formula is C23H19ClFN5OS2. The Balaban J connectivity index is 1.38. The summed E-state index contributed by atoms with van der Waals surface area (Å²) >= 11 is 8.98. The van der Waals surface area contributed by atoms with Gasteiger partial charge in [0.15, 0.2) is 16.1 Å². The van der Waals surface area contributed by atoms with E-state index in [0.29, 0.717) is 34.1 Å². The summed E-state index contributed by atoms with van der Waals surface area (Å²) in [4.78, 5) is 17.7. The molecule has 2 heterocycles. The number of nitrogens with one attached hydrogen (secondary N) is 1. The van der Waals surface area contributed by atoms with E-state index in [-0.39, 0.29) is 17.5 Å². The van der Waals surface area contributed by atoms with Gasteiger partial charge >= 0.3 is 0 Å². The first-order valence-electron chi connectivity index (χ1n) is 9.94. The molecule has 0 radical (unpaired) electrons. The van der Waals surface area contributed by atoms with Gasteiger partial charge < -0.3 is 5.32 Å². The first-order chi connectivity index (χ1) is 16.0. The second kappa shape index (κ2) is 10.7. The molecular weight excluding hydrogens is 481 g/mol. The molecule has 168 valence electrons. The molecule has 10 heteroatoms. The van der Waals surface area contributed by atoms with Gasteiger partial charge in [0.2, 0.25) is 5.91 Å². The van der Waals surface area contributed by atoms with E-state index in [1.54, 1.807) is 30.5 Å². The van der Waals surface area contributed by atoms with E-state index >= 15 is 0 Å². The van der Waals surface area contributed by atoms with Gasteiger partial charge in [0.1, 0.15) is 5.82 Å². The summed E-state index contributed by atoms with van der Waals surface area (Å²) < 4.78 is 14.9. The van der Waals surface area contributed by atoms with Gasteiger partial charge in [0.05, 0.1) is 10.8 Å². The first kappa shape index (κ1) is 23.2. The molecule has 2 aromatic carbocycles. The molecule has 4 aromatic rings. The Kier molecular flexibility index (Phi) is 7.54. The van der Waals surface area contributed by atoms with Crippen LogP contribution in [0.15, 0.2) is 72.5 Å². The van der Waals surface area contributed by atoms with Crippen LogP contribution in [0.1, 0.15) is 10.4 Å². The van der Waals surface area contributed by atoms with Gasteiger partial charge in [-0.25, -0.2) is 9.37 Å². The van der Waals surface area contributed by atoms with Crippen LogP contribution in [0, 0.1) is 5.82 Å². The van der Waals surface area contributed by atoms with Crippen molar-refractivity contribution >= 4 is 45.7 Å². The van der Waals surface area contributed by atoms with E-state index < -0.39 is 0 Å². The number of halogens is 2. The molecule has 0 unspecified atom stereocenters. The normalized spacial score (nSPS) is 10.8. The van der Waals surface area contributed by atoms with Crippen molar-refractivity contribution in [2.75, 3.05) is 11.1 Å². The summed E-state index contributed by atoms with van der Waals surface area (Å²) in [6, 6.07) is 13.7. The van der Waals surface area contributed by atoms with Crippen LogP contribution in [0.5, 0.6) is 0 Å². The van der Waals surface area contributed by atoms with Crippen molar-refractivity contribution in [3.63, 3.8) is 0 Å². The minimum Gasteiger partial charge on any atom is -0.301 e. The maximum Gasteiger partial charge on any atom is 0.236 e. The standard InChI is InChI=1S/C23H19ClFN5OS2/c1-2-11-30-21(18-5-3-4-6-19(18)24)28-29-23(30)32-14-20(31)27-22-26-13-17(33-22)12-15-7-9-16(25)10-8-15/h2-10,13H,1,11-12,14H2,(H,26,27,31). The summed E-state index contributed by atoms with van der Waals surface area (Å²) in [7, 11) is 0. The molecule has 1 amide bonds. The van der Waals surface area contributed by atoms with Gasteiger partial charge in [-0.05, 0) is 29.8 Å². The lowest BCUT2D eigenvalue weighted by atomic mass is 10.1. The van der Waals surface area contributed by atoms with Gasteiger partial charge in [-0.15, -0.1) is 28.1 Å². The number of nitrogens with zero attached hydrogens (tertiary/aromatic N) is 4. The summed E-state index contributed by atoms with van der Waals surface area (Å²) in [5.41, 5.74) is 1.74. The molecule has 0 saturated heterocycles. The number of rotatable bonds is 9. The molecule has 1 N–H and O–H groups in total. The van der Waals surface area contributed by atoms with Crippen molar-refractivity contribution in [1.82, 2.24) is 19.7 Å². The highest BCUT2D eigenvalue weighted by Gasteiger charge is 2.17. The number of thiazole rings is 1. The largest absolute Gasteiger partial charge is 0.301 e. The highest BCUT2D eigenvalue weighted by Crippen LogP contribution is 2.29. The Morgan fingerprint density at radius 3 is 2.76 bits per heavy atom. The van der Waals surface area contributed by atoms with Crippen molar-refractivity contribution in [3.8, 4) is 11.4 Å². The van der Waals surface area contributed by atoms with Crippen LogP contribution in [-0.2, 0) is 17.8 Å². The Morgan fingerprint density at radius 2 is 2.00 bits per heavy atom. The number of allylic oxidation sites excluding steroid dienone is 1. The number of amides is 1.